The van der Waals surface area contributed by atoms with Crippen molar-refractivity contribution >= 4 is 34.2 Å². The van der Waals surface area contributed by atoms with Crippen molar-refractivity contribution in [2.24, 2.45) is 5.92 Å². The van der Waals surface area contributed by atoms with Gasteiger partial charge in [0.25, 0.3) is 5.91 Å². The number of thiazole rings is 1. The SMILES string of the molecule is CC(C)C(=O)Nc1nc(CC(=O)N2CCN(C(=O)c3ccc(F)c(F)c3)CC2)cs1. The molecule has 0 unspecified atom stereocenters. The molecule has 1 aromatic heterocycles. The van der Waals surface area contributed by atoms with Crippen LogP contribution in [0.25, 0.3) is 0 Å². The van der Waals surface area contributed by atoms with Gasteiger partial charge in [-0.3, -0.25) is 14.4 Å². The Morgan fingerprint density at radius 1 is 1.10 bits per heavy atom. The molecule has 3 amide bonds. The molecule has 0 spiro atoms. The van der Waals surface area contributed by atoms with E-state index < -0.39 is 17.5 Å². The molecule has 1 N–H and O–H groups in total. The number of halogens is 2. The molecule has 1 fully saturated rings. The van der Waals surface area contributed by atoms with Gasteiger partial charge in [0.05, 0.1) is 12.1 Å². The van der Waals surface area contributed by atoms with Crippen LogP contribution in [0.2, 0.25) is 0 Å². The van der Waals surface area contributed by atoms with E-state index in [4.69, 9.17) is 0 Å². The normalized spacial score (nSPS) is 14.2. The van der Waals surface area contributed by atoms with Gasteiger partial charge in [-0.1, -0.05) is 13.8 Å². The van der Waals surface area contributed by atoms with Crippen LogP contribution in [0.3, 0.4) is 0 Å². The fourth-order valence-electron chi connectivity index (χ4n) is 2.93. The van der Waals surface area contributed by atoms with Crippen molar-refractivity contribution in [2.75, 3.05) is 31.5 Å². The number of anilines is 1. The van der Waals surface area contributed by atoms with Gasteiger partial charge < -0.3 is 15.1 Å². The zero-order chi connectivity index (χ0) is 21.8. The first kappa shape index (κ1) is 21.8. The molecule has 3 rings (SSSR count). The zero-order valence-corrected chi connectivity index (χ0v) is 17.5. The quantitative estimate of drug-likeness (QED) is 0.781. The molecular formula is C20H22F2N4O3S. The third kappa shape index (κ3) is 5.18. The van der Waals surface area contributed by atoms with E-state index in [1.807, 2.05) is 0 Å². The molecule has 1 aliphatic rings. The number of nitrogens with one attached hydrogen (secondary N) is 1. The summed E-state index contributed by atoms with van der Waals surface area (Å²) >= 11 is 1.26. The van der Waals surface area contributed by atoms with Crippen LogP contribution in [0.4, 0.5) is 13.9 Å². The predicted molar refractivity (Wildman–Crippen MR) is 108 cm³/mol. The van der Waals surface area contributed by atoms with Crippen LogP contribution in [-0.4, -0.2) is 58.7 Å². The zero-order valence-electron chi connectivity index (χ0n) is 16.7. The lowest BCUT2D eigenvalue weighted by atomic mass is 10.1. The Hall–Kier alpha value is -2.88. The first-order valence-corrected chi connectivity index (χ1v) is 10.4. The minimum absolute atomic E-state index is 0.0760. The van der Waals surface area contributed by atoms with E-state index >= 15 is 0 Å². The molecule has 7 nitrogen and oxygen atoms in total. The van der Waals surface area contributed by atoms with E-state index in [0.29, 0.717) is 37.0 Å². The molecule has 160 valence electrons. The van der Waals surface area contributed by atoms with Crippen LogP contribution in [-0.2, 0) is 16.0 Å². The van der Waals surface area contributed by atoms with Gasteiger partial charge in [-0.25, -0.2) is 13.8 Å². The summed E-state index contributed by atoms with van der Waals surface area (Å²) in [6, 6.07) is 3.05. The molecule has 0 radical (unpaired) electrons. The van der Waals surface area contributed by atoms with E-state index in [2.05, 4.69) is 10.3 Å². The fourth-order valence-corrected chi connectivity index (χ4v) is 3.65. The summed E-state index contributed by atoms with van der Waals surface area (Å²) in [7, 11) is 0. The molecule has 2 aromatic rings. The molecule has 1 aliphatic heterocycles. The van der Waals surface area contributed by atoms with Gasteiger partial charge in [-0.05, 0) is 18.2 Å². The summed E-state index contributed by atoms with van der Waals surface area (Å²) < 4.78 is 26.4. The number of rotatable bonds is 5. The Morgan fingerprint density at radius 2 is 1.77 bits per heavy atom. The van der Waals surface area contributed by atoms with Gasteiger partial charge in [0, 0.05) is 43.0 Å². The van der Waals surface area contributed by atoms with Gasteiger partial charge in [0.15, 0.2) is 16.8 Å². The number of amides is 3. The second-order valence-corrected chi connectivity index (χ2v) is 8.12. The van der Waals surface area contributed by atoms with Crippen molar-refractivity contribution in [3.8, 4) is 0 Å². The van der Waals surface area contributed by atoms with E-state index in [-0.39, 0.29) is 29.7 Å². The molecule has 0 aliphatic carbocycles. The standard InChI is InChI=1S/C20H22F2N4O3S/c1-12(2)18(28)24-20-23-14(11-30-20)10-17(27)25-5-7-26(8-6-25)19(29)13-3-4-15(21)16(22)9-13/h3-4,9,11-12H,5-8,10H2,1-2H3,(H,23,24,28). The maximum absolute atomic E-state index is 13.4. The van der Waals surface area contributed by atoms with Crippen LogP contribution in [0.5, 0.6) is 0 Å². The fraction of sp³-hybridized carbons (Fsp3) is 0.400. The van der Waals surface area contributed by atoms with Gasteiger partial charge in [0.2, 0.25) is 11.8 Å². The molecular weight excluding hydrogens is 414 g/mol. The Bertz CT molecular complexity index is 955. The smallest absolute Gasteiger partial charge is 0.254 e. The Balaban J connectivity index is 1.51. The first-order valence-electron chi connectivity index (χ1n) is 9.52. The Labute approximate surface area is 176 Å². The first-order chi connectivity index (χ1) is 14.2. The second kappa shape index (κ2) is 9.29. The van der Waals surface area contributed by atoms with Gasteiger partial charge in [0.1, 0.15) is 0 Å². The van der Waals surface area contributed by atoms with E-state index in [9.17, 15) is 23.2 Å². The summed E-state index contributed by atoms with van der Waals surface area (Å²) in [5.41, 5.74) is 0.650. The summed E-state index contributed by atoms with van der Waals surface area (Å²) in [4.78, 5) is 44.2. The van der Waals surface area contributed by atoms with Crippen molar-refractivity contribution in [3.63, 3.8) is 0 Å². The van der Waals surface area contributed by atoms with Crippen molar-refractivity contribution < 1.29 is 23.2 Å². The maximum Gasteiger partial charge on any atom is 0.254 e. The maximum atomic E-state index is 13.4. The van der Waals surface area contributed by atoms with Crippen LogP contribution in [0, 0.1) is 17.6 Å². The van der Waals surface area contributed by atoms with Crippen molar-refractivity contribution in [1.29, 1.82) is 0 Å². The average Bonchev–Trinajstić information content (AvgIpc) is 3.16. The van der Waals surface area contributed by atoms with Crippen LogP contribution in [0.1, 0.15) is 29.9 Å². The highest BCUT2D eigenvalue weighted by atomic mass is 32.1. The Kier molecular flexibility index (Phi) is 6.76. The third-order valence-electron chi connectivity index (χ3n) is 4.72. The van der Waals surface area contributed by atoms with Gasteiger partial charge in [-0.15, -0.1) is 11.3 Å². The lowest BCUT2D eigenvalue weighted by Gasteiger charge is -2.34. The molecule has 0 saturated carbocycles. The largest absolute Gasteiger partial charge is 0.339 e. The molecule has 1 saturated heterocycles. The minimum Gasteiger partial charge on any atom is -0.339 e. The number of hydrogen-bond acceptors (Lipinski definition) is 5. The van der Waals surface area contributed by atoms with Gasteiger partial charge >= 0.3 is 0 Å². The number of carbonyl (C=O) groups excluding carboxylic acids is 3. The lowest BCUT2D eigenvalue weighted by Crippen LogP contribution is -2.51. The monoisotopic (exact) mass is 436 g/mol. The number of hydrogen-bond donors (Lipinski definition) is 1. The summed E-state index contributed by atoms with van der Waals surface area (Å²) in [5, 5.41) is 4.89. The van der Waals surface area contributed by atoms with E-state index in [1.54, 1.807) is 24.1 Å². The van der Waals surface area contributed by atoms with E-state index in [1.165, 1.54) is 22.3 Å². The number of benzene rings is 1. The minimum atomic E-state index is -1.07. The van der Waals surface area contributed by atoms with E-state index in [0.717, 1.165) is 12.1 Å². The molecule has 0 atom stereocenters. The summed E-state index contributed by atoms with van der Waals surface area (Å²) in [6.07, 6.45) is 0.102. The van der Waals surface area contributed by atoms with Crippen LogP contribution in [0.15, 0.2) is 23.6 Å². The van der Waals surface area contributed by atoms with Gasteiger partial charge in [-0.2, -0.15) is 0 Å². The second-order valence-electron chi connectivity index (χ2n) is 7.27. The van der Waals surface area contributed by atoms with Crippen LogP contribution >= 0.6 is 11.3 Å². The third-order valence-corrected chi connectivity index (χ3v) is 5.53. The molecule has 0 bridgehead atoms. The number of carbonyl (C=O) groups is 3. The van der Waals surface area contributed by atoms with Crippen molar-refractivity contribution in [1.82, 2.24) is 14.8 Å². The topological polar surface area (TPSA) is 82.6 Å². The molecule has 1 aromatic carbocycles. The average molecular weight is 436 g/mol. The number of aromatic nitrogens is 1. The molecule has 30 heavy (non-hydrogen) atoms. The highest BCUT2D eigenvalue weighted by Gasteiger charge is 2.26. The van der Waals surface area contributed by atoms with Crippen molar-refractivity contribution in [2.45, 2.75) is 20.3 Å². The summed E-state index contributed by atoms with van der Waals surface area (Å²) in [5.74, 6) is -2.89. The van der Waals surface area contributed by atoms with Crippen LogP contribution < -0.4 is 5.32 Å². The number of piperazine rings is 1. The lowest BCUT2D eigenvalue weighted by molar-refractivity contribution is -0.132. The molecule has 2 heterocycles. The number of nitrogens with zero attached hydrogens (tertiary/aromatic N) is 3. The predicted octanol–water partition coefficient (Wildman–Crippen LogP) is 2.54. The highest BCUT2D eigenvalue weighted by Crippen LogP contribution is 2.18. The Morgan fingerprint density at radius 3 is 2.40 bits per heavy atom. The van der Waals surface area contributed by atoms with Crippen molar-refractivity contribution in [3.05, 3.63) is 46.5 Å². The summed E-state index contributed by atoms with van der Waals surface area (Å²) in [6.45, 7) is 4.85. The molecule has 10 heteroatoms. The highest BCUT2D eigenvalue weighted by molar-refractivity contribution is 7.13.